The molecule has 0 spiro atoms. The van der Waals surface area contributed by atoms with Crippen LogP contribution in [0.5, 0.6) is 0 Å². The first-order chi connectivity index (χ1) is 7.02. The SMILES string of the molecule is Cc1nc2c(ncn2C)c(C(C)C)c1N. The van der Waals surface area contributed by atoms with Crippen LogP contribution in [0, 0.1) is 6.92 Å². The summed E-state index contributed by atoms with van der Waals surface area (Å²) in [5.74, 6) is 0.365. The van der Waals surface area contributed by atoms with Gasteiger partial charge in [0.1, 0.15) is 5.52 Å². The fourth-order valence-electron chi connectivity index (χ4n) is 1.87. The zero-order chi connectivity index (χ0) is 11.2. The molecule has 0 saturated heterocycles. The molecule has 0 radical (unpaired) electrons. The predicted octanol–water partition coefficient (Wildman–Crippen LogP) is 1.98. The molecule has 0 aliphatic heterocycles. The van der Waals surface area contributed by atoms with Gasteiger partial charge < -0.3 is 10.3 Å². The van der Waals surface area contributed by atoms with Crippen molar-refractivity contribution in [3.63, 3.8) is 0 Å². The number of aryl methyl sites for hydroxylation is 2. The van der Waals surface area contributed by atoms with E-state index in [1.165, 1.54) is 0 Å². The minimum absolute atomic E-state index is 0.365. The minimum atomic E-state index is 0.365. The van der Waals surface area contributed by atoms with Crippen LogP contribution in [0.15, 0.2) is 6.33 Å². The number of imidazole rings is 1. The van der Waals surface area contributed by atoms with E-state index < -0.39 is 0 Å². The first kappa shape index (κ1) is 9.96. The Hall–Kier alpha value is -1.58. The van der Waals surface area contributed by atoms with Crippen molar-refractivity contribution in [3.05, 3.63) is 17.6 Å². The highest BCUT2D eigenvalue weighted by Crippen LogP contribution is 2.30. The van der Waals surface area contributed by atoms with Gasteiger partial charge in [-0.1, -0.05) is 13.8 Å². The summed E-state index contributed by atoms with van der Waals surface area (Å²) in [5, 5.41) is 0. The van der Waals surface area contributed by atoms with Gasteiger partial charge >= 0.3 is 0 Å². The van der Waals surface area contributed by atoms with Crippen LogP contribution in [0.2, 0.25) is 0 Å². The molecule has 80 valence electrons. The number of pyridine rings is 1. The van der Waals surface area contributed by atoms with Gasteiger partial charge in [0.2, 0.25) is 0 Å². The first-order valence-electron chi connectivity index (χ1n) is 5.09. The molecule has 2 N–H and O–H groups in total. The molecule has 4 heteroatoms. The Morgan fingerprint density at radius 2 is 2.07 bits per heavy atom. The molecule has 0 bridgehead atoms. The van der Waals surface area contributed by atoms with E-state index in [4.69, 9.17) is 5.73 Å². The average molecular weight is 204 g/mol. The van der Waals surface area contributed by atoms with Crippen LogP contribution in [0.25, 0.3) is 11.2 Å². The molecule has 0 aliphatic carbocycles. The van der Waals surface area contributed by atoms with Gasteiger partial charge in [0.25, 0.3) is 0 Å². The van der Waals surface area contributed by atoms with Crippen molar-refractivity contribution in [3.8, 4) is 0 Å². The third kappa shape index (κ3) is 1.37. The van der Waals surface area contributed by atoms with E-state index in [0.29, 0.717) is 5.92 Å². The molecule has 0 fully saturated rings. The third-order valence-corrected chi connectivity index (χ3v) is 2.69. The van der Waals surface area contributed by atoms with E-state index >= 15 is 0 Å². The van der Waals surface area contributed by atoms with Crippen molar-refractivity contribution in [2.75, 3.05) is 5.73 Å². The van der Waals surface area contributed by atoms with Gasteiger partial charge in [-0.05, 0) is 12.8 Å². The normalized spacial score (nSPS) is 11.5. The number of nitrogens with two attached hydrogens (primary N) is 1. The van der Waals surface area contributed by atoms with Crippen LogP contribution in [0.1, 0.15) is 31.0 Å². The summed E-state index contributed by atoms with van der Waals surface area (Å²) in [6, 6.07) is 0. The quantitative estimate of drug-likeness (QED) is 0.772. The second-order valence-electron chi connectivity index (χ2n) is 4.21. The molecule has 0 aliphatic rings. The number of rotatable bonds is 1. The summed E-state index contributed by atoms with van der Waals surface area (Å²) in [6.07, 6.45) is 1.78. The summed E-state index contributed by atoms with van der Waals surface area (Å²) in [4.78, 5) is 8.82. The van der Waals surface area contributed by atoms with Gasteiger partial charge in [-0.3, -0.25) is 0 Å². The fourth-order valence-corrected chi connectivity index (χ4v) is 1.87. The van der Waals surface area contributed by atoms with Crippen LogP contribution in [-0.4, -0.2) is 14.5 Å². The van der Waals surface area contributed by atoms with Gasteiger partial charge in [-0.15, -0.1) is 0 Å². The molecule has 2 aromatic rings. The smallest absolute Gasteiger partial charge is 0.160 e. The van der Waals surface area contributed by atoms with E-state index in [9.17, 15) is 0 Å². The molecule has 4 nitrogen and oxygen atoms in total. The van der Waals surface area contributed by atoms with Gasteiger partial charge in [0.05, 0.1) is 17.7 Å². The molecule has 2 aromatic heterocycles. The van der Waals surface area contributed by atoms with Gasteiger partial charge in [0.15, 0.2) is 5.65 Å². The molecule has 0 atom stereocenters. The average Bonchev–Trinajstić information content (AvgIpc) is 2.49. The Labute approximate surface area is 89.1 Å². The van der Waals surface area contributed by atoms with Gasteiger partial charge in [0, 0.05) is 12.6 Å². The number of nitrogen functional groups attached to an aromatic ring is 1. The third-order valence-electron chi connectivity index (χ3n) is 2.69. The lowest BCUT2D eigenvalue weighted by molar-refractivity contribution is 0.871. The van der Waals surface area contributed by atoms with Crippen molar-refractivity contribution in [1.82, 2.24) is 14.5 Å². The van der Waals surface area contributed by atoms with Crippen molar-refractivity contribution in [1.29, 1.82) is 0 Å². The van der Waals surface area contributed by atoms with Crippen LogP contribution in [-0.2, 0) is 7.05 Å². The highest BCUT2D eigenvalue weighted by Gasteiger charge is 2.15. The number of nitrogens with zero attached hydrogens (tertiary/aromatic N) is 3. The number of hydrogen-bond donors (Lipinski definition) is 1. The van der Waals surface area contributed by atoms with Crippen LogP contribution in [0.4, 0.5) is 5.69 Å². The maximum Gasteiger partial charge on any atom is 0.160 e. The first-order valence-corrected chi connectivity index (χ1v) is 5.09. The van der Waals surface area contributed by atoms with E-state index in [-0.39, 0.29) is 0 Å². The highest BCUT2D eigenvalue weighted by molar-refractivity contribution is 5.82. The van der Waals surface area contributed by atoms with E-state index in [1.807, 2.05) is 18.5 Å². The standard InChI is InChI=1S/C11H16N4/c1-6(2)8-9(12)7(3)14-11-10(8)13-5-15(11)4/h5-6H,12H2,1-4H3. The van der Waals surface area contributed by atoms with E-state index in [0.717, 1.165) is 28.1 Å². The van der Waals surface area contributed by atoms with Gasteiger partial charge in [-0.25, -0.2) is 9.97 Å². The Balaban J connectivity index is 2.90. The fraction of sp³-hybridized carbons (Fsp3) is 0.455. The topological polar surface area (TPSA) is 56.7 Å². The molecule has 0 amide bonds. The zero-order valence-corrected chi connectivity index (χ0v) is 9.57. The Kier molecular flexibility index (Phi) is 2.14. The molecular formula is C11H16N4. The Bertz CT molecular complexity index is 511. The number of aromatic nitrogens is 3. The van der Waals surface area contributed by atoms with Crippen LogP contribution in [0.3, 0.4) is 0 Å². The van der Waals surface area contributed by atoms with E-state index in [2.05, 4.69) is 23.8 Å². The second-order valence-corrected chi connectivity index (χ2v) is 4.21. The van der Waals surface area contributed by atoms with Crippen molar-refractivity contribution >= 4 is 16.9 Å². The Morgan fingerprint density at radius 3 is 2.67 bits per heavy atom. The maximum atomic E-state index is 6.05. The number of hydrogen-bond acceptors (Lipinski definition) is 3. The molecule has 0 aromatic carbocycles. The monoisotopic (exact) mass is 204 g/mol. The van der Waals surface area contributed by atoms with Crippen molar-refractivity contribution in [2.45, 2.75) is 26.7 Å². The molecule has 0 saturated carbocycles. The molecule has 2 rings (SSSR count). The largest absolute Gasteiger partial charge is 0.397 e. The number of anilines is 1. The van der Waals surface area contributed by atoms with Crippen LogP contribution < -0.4 is 5.73 Å². The maximum absolute atomic E-state index is 6.05. The van der Waals surface area contributed by atoms with E-state index in [1.54, 1.807) is 6.33 Å². The summed E-state index contributed by atoms with van der Waals surface area (Å²) in [7, 11) is 1.95. The minimum Gasteiger partial charge on any atom is -0.397 e. The van der Waals surface area contributed by atoms with Crippen LogP contribution >= 0.6 is 0 Å². The number of fused-ring (bicyclic) bond motifs is 1. The molecule has 15 heavy (non-hydrogen) atoms. The predicted molar refractivity (Wildman–Crippen MR) is 61.7 cm³/mol. The lowest BCUT2D eigenvalue weighted by Gasteiger charge is -2.12. The highest BCUT2D eigenvalue weighted by atomic mass is 15.1. The van der Waals surface area contributed by atoms with Crippen molar-refractivity contribution in [2.24, 2.45) is 7.05 Å². The van der Waals surface area contributed by atoms with Crippen molar-refractivity contribution < 1.29 is 0 Å². The Morgan fingerprint density at radius 1 is 1.40 bits per heavy atom. The molecule has 2 heterocycles. The molecule has 0 unspecified atom stereocenters. The zero-order valence-electron chi connectivity index (χ0n) is 9.57. The summed E-state index contributed by atoms with van der Waals surface area (Å²) >= 11 is 0. The lowest BCUT2D eigenvalue weighted by atomic mass is 10.00. The summed E-state index contributed by atoms with van der Waals surface area (Å²) < 4.78 is 1.92. The molecular weight excluding hydrogens is 188 g/mol. The van der Waals surface area contributed by atoms with Gasteiger partial charge in [-0.2, -0.15) is 0 Å². The summed E-state index contributed by atoms with van der Waals surface area (Å²) in [5.41, 5.74) is 10.6. The second kappa shape index (κ2) is 3.22. The summed E-state index contributed by atoms with van der Waals surface area (Å²) in [6.45, 7) is 6.19. The lowest BCUT2D eigenvalue weighted by Crippen LogP contribution is -2.03.